The van der Waals surface area contributed by atoms with E-state index < -0.39 is 0 Å². The summed E-state index contributed by atoms with van der Waals surface area (Å²) in [6, 6.07) is 3.75. The molecule has 0 fully saturated rings. The molecule has 0 radical (unpaired) electrons. The van der Waals surface area contributed by atoms with Crippen molar-refractivity contribution in [2.45, 2.75) is 36.3 Å². The zero-order valence-electron chi connectivity index (χ0n) is 12.8. The van der Waals surface area contributed by atoms with Crippen molar-refractivity contribution in [2.75, 3.05) is 17.2 Å². The van der Waals surface area contributed by atoms with Crippen molar-refractivity contribution in [3.8, 4) is 6.07 Å². The Morgan fingerprint density at radius 2 is 2.35 bits per heavy atom. The molecule has 9 heteroatoms. The van der Waals surface area contributed by atoms with Crippen molar-refractivity contribution >= 4 is 50.5 Å². The average Bonchev–Trinajstić information content (AvgIpc) is 3.16. The Bertz CT molecular complexity index is 691. The third-order valence-corrected chi connectivity index (χ3v) is 5.78. The number of hydrogen-bond donors (Lipinski definition) is 2. The smallest absolute Gasteiger partial charge is 0.238 e. The number of unbranched alkanes of at least 4 members (excludes halogenated alkanes) is 1. The van der Waals surface area contributed by atoms with Crippen molar-refractivity contribution in [2.24, 2.45) is 0 Å². The molecule has 0 bridgehead atoms. The summed E-state index contributed by atoms with van der Waals surface area (Å²) in [4.78, 5) is 12.2. The quantitative estimate of drug-likeness (QED) is 0.545. The van der Waals surface area contributed by atoms with Gasteiger partial charge in [0.25, 0.3) is 0 Å². The Kier molecular flexibility index (Phi) is 6.83. The van der Waals surface area contributed by atoms with Gasteiger partial charge in [0.05, 0.1) is 10.8 Å². The minimum absolute atomic E-state index is 0.148. The van der Waals surface area contributed by atoms with Gasteiger partial charge < -0.3 is 10.6 Å². The van der Waals surface area contributed by atoms with Gasteiger partial charge in [0.2, 0.25) is 11.0 Å². The number of hydrogen-bond acceptors (Lipinski definition) is 8. The summed E-state index contributed by atoms with van der Waals surface area (Å²) in [5, 5.41) is 25.9. The molecule has 0 unspecified atom stereocenters. The van der Waals surface area contributed by atoms with Crippen LogP contribution in [0.4, 0.5) is 10.1 Å². The Hall–Kier alpha value is -1.63. The van der Waals surface area contributed by atoms with Crippen LogP contribution in [0, 0.1) is 11.3 Å². The first-order valence-electron chi connectivity index (χ1n) is 7.16. The molecule has 2 aromatic heterocycles. The molecule has 2 rings (SSSR count). The van der Waals surface area contributed by atoms with Gasteiger partial charge in [-0.2, -0.15) is 5.26 Å². The number of anilines is 2. The van der Waals surface area contributed by atoms with Crippen LogP contribution in [0.25, 0.3) is 0 Å². The number of carbonyl (C=O) groups is 1. The Morgan fingerprint density at radius 3 is 3.09 bits per heavy atom. The summed E-state index contributed by atoms with van der Waals surface area (Å²) >= 11 is 4.15. The molecule has 1 amide bonds. The summed E-state index contributed by atoms with van der Waals surface area (Å²) < 4.78 is 0.748. The van der Waals surface area contributed by atoms with Crippen molar-refractivity contribution in [3.63, 3.8) is 0 Å². The average molecular weight is 368 g/mol. The molecular formula is C14H17N5OS3. The van der Waals surface area contributed by atoms with Gasteiger partial charge in [-0.05, 0) is 24.8 Å². The number of thioether (sulfide) groups is 1. The predicted octanol–water partition coefficient (Wildman–Crippen LogP) is 3.80. The fourth-order valence-corrected chi connectivity index (χ4v) is 4.28. The molecule has 0 spiro atoms. The van der Waals surface area contributed by atoms with Gasteiger partial charge >= 0.3 is 0 Å². The first kappa shape index (κ1) is 17.7. The van der Waals surface area contributed by atoms with Crippen LogP contribution in [0.2, 0.25) is 0 Å². The van der Waals surface area contributed by atoms with Gasteiger partial charge in [0.1, 0.15) is 11.1 Å². The maximum Gasteiger partial charge on any atom is 0.238 e. The number of rotatable bonds is 8. The summed E-state index contributed by atoms with van der Waals surface area (Å²) in [5.41, 5.74) is 0.485. The van der Waals surface area contributed by atoms with Gasteiger partial charge in [-0.3, -0.25) is 4.79 Å². The number of nitrogens with zero attached hydrogens (tertiary/aromatic N) is 3. The molecule has 1 atom stereocenters. The fraction of sp³-hybridized carbons (Fsp3) is 0.429. The van der Waals surface area contributed by atoms with E-state index in [9.17, 15) is 4.79 Å². The standard InChI is InChI=1S/C14H17N5OS3/c1-3-4-6-16-13-18-19-14(23-13)22-9(2)11(20)17-12-10(8-15)5-7-21-12/h5,7,9H,3-4,6H2,1-2H3,(H,16,18)(H,17,20)/t9-/m0/s1. The highest BCUT2D eigenvalue weighted by atomic mass is 32.2. The maximum absolute atomic E-state index is 12.2. The molecular weight excluding hydrogens is 350 g/mol. The van der Waals surface area contributed by atoms with E-state index >= 15 is 0 Å². The third-order valence-electron chi connectivity index (χ3n) is 2.88. The van der Waals surface area contributed by atoms with Crippen LogP contribution in [-0.2, 0) is 4.79 Å². The summed E-state index contributed by atoms with van der Waals surface area (Å²) in [6.45, 7) is 4.82. The molecule has 0 aromatic carbocycles. The first-order chi connectivity index (χ1) is 11.1. The van der Waals surface area contributed by atoms with Crippen LogP contribution in [0.15, 0.2) is 15.8 Å². The fourth-order valence-electron chi connectivity index (χ4n) is 1.61. The molecule has 122 valence electrons. The SMILES string of the molecule is CCCCNc1nnc(S[C@@H](C)C(=O)Nc2sccc2C#N)s1. The molecule has 2 aromatic rings. The molecule has 2 N–H and O–H groups in total. The number of nitriles is 1. The van der Waals surface area contributed by atoms with E-state index in [0.717, 1.165) is 28.9 Å². The van der Waals surface area contributed by atoms with Crippen LogP contribution in [0.5, 0.6) is 0 Å². The number of carbonyl (C=O) groups excluding carboxylic acids is 1. The van der Waals surface area contributed by atoms with E-state index in [1.54, 1.807) is 11.4 Å². The lowest BCUT2D eigenvalue weighted by Crippen LogP contribution is -2.22. The molecule has 0 aliphatic carbocycles. The van der Waals surface area contributed by atoms with E-state index in [1.807, 2.05) is 6.92 Å². The van der Waals surface area contributed by atoms with Crippen molar-refractivity contribution in [1.82, 2.24) is 10.2 Å². The molecule has 0 aliphatic heterocycles. The molecule has 0 saturated heterocycles. The van der Waals surface area contributed by atoms with Gasteiger partial charge in [0.15, 0.2) is 4.34 Å². The van der Waals surface area contributed by atoms with Crippen LogP contribution in [0.1, 0.15) is 32.3 Å². The van der Waals surface area contributed by atoms with Gasteiger partial charge in [0, 0.05) is 6.54 Å². The van der Waals surface area contributed by atoms with Crippen molar-refractivity contribution in [3.05, 3.63) is 17.0 Å². The second-order valence-corrected chi connectivity index (χ2v) is 8.16. The van der Waals surface area contributed by atoms with E-state index in [4.69, 9.17) is 5.26 Å². The predicted molar refractivity (Wildman–Crippen MR) is 96.3 cm³/mol. The van der Waals surface area contributed by atoms with E-state index in [2.05, 4.69) is 33.8 Å². The van der Waals surface area contributed by atoms with Crippen LogP contribution >= 0.6 is 34.4 Å². The minimum Gasteiger partial charge on any atom is -0.360 e. The summed E-state index contributed by atoms with van der Waals surface area (Å²) in [6.07, 6.45) is 2.21. The number of nitrogens with one attached hydrogen (secondary N) is 2. The molecule has 23 heavy (non-hydrogen) atoms. The largest absolute Gasteiger partial charge is 0.360 e. The lowest BCUT2D eigenvalue weighted by atomic mass is 10.3. The highest BCUT2D eigenvalue weighted by Gasteiger charge is 2.18. The van der Waals surface area contributed by atoms with Crippen molar-refractivity contribution in [1.29, 1.82) is 5.26 Å². The van der Waals surface area contributed by atoms with Gasteiger partial charge in [-0.25, -0.2) is 0 Å². The van der Waals surface area contributed by atoms with Crippen LogP contribution in [0.3, 0.4) is 0 Å². The molecule has 2 heterocycles. The van der Waals surface area contributed by atoms with Crippen LogP contribution in [-0.4, -0.2) is 27.9 Å². The first-order valence-corrected chi connectivity index (χ1v) is 9.74. The maximum atomic E-state index is 12.2. The second kappa shape index (κ2) is 8.86. The molecule has 0 saturated carbocycles. The lowest BCUT2D eigenvalue weighted by molar-refractivity contribution is -0.115. The number of amides is 1. The minimum atomic E-state index is -0.319. The second-order valence-electron chi connectivity index (χ2n) is 4.68. The molecule has 6 nitrogen and oxygen atoms in total. The third kappa shape index (κ3) is 5.20. The van der Waals surface area contributed by atoms with Gasteiger partial charge in [-0.1, -0.05) is 36.4 Å². The van der Waals surface area contributed by atoms with E-state index in [-0.39, 0.29) is 11.2 Å². The Labute approximate surface area is 147 Å². The topological polar surface area (TPSA) is 90.7 Å². The summed E-state index contributed by atoms with van der Waals surface area (Å²) in [5.74, 6) is -0.148. The normalized spacial score (nSPS) is 11.7. The Balaban J connectivity index is 1.87. The molecule has 0 aliphatic rings. The number of aromatic nitrogens is 2. The number of thiophene rings is 1. The lowest BCUT2D eigenvalue weighted by Gasteiger charge is -2.08. The van der Waals surface area contributed by atoms with Crippen molar-refractivity contribution < 1.29 is 4.79 Å². The summed E-state index contributed by atoms with van der Waals surface area (Å²) in [7, 11) is 0. The van der Waals surface area contributed by atoms with Crippen LogP contribution < -0.4 is 10.6 Å². The zero-order valence-corrected chi connectivity index (χ0v) is 15.3. The highest BCUT2D eigenvalue weighted by molar-refractivity contribution is 8.02. The Morgan fingerprint density at radius 1 is 1.52 bits per heavy atom. The highest BCUT2D eigenvalue weighted by Crippen LogP contribution is 2.30. The van der Waals surface area contributed by atoms with E-state index in [1.165, 1.54) is 34.4 Å². The zero-order chi connectivity index (χ0) is 16.7. The van der Waals surface area contributed by atoms with Gasteiger partial charge in [-0.15, -0.1) is 21.5 Å². The van der Waals surface area contributed by atoms with E-state index in [0.29, 0.717) is 10.6 Å². The monoisotopic (exact) mass is 367 g/mol.